The zero-order chi connectivity index (χ0) is 19.1. The second-order valence-electron chi connectivity index (χ2n) is 5.16. The van der Waals surface area contributed by atoms with E-state index in [0.29, 0.717) is 23.0 Å². The Hall–Kier alpha value is -2.87. The first-order valence-electron chi connectivity index (χ1n) is 7.81. The van der Waals surface area contributed by atoms with Crippen molar-refractivity contribution in [2.45, 2.75) is 11.8 Å². The average molecular weight is 376 g/mol. The number of hydrogen-bond acceptors (Lipinski definition) is 5. The van der Waals surface area contributed by atoms with E-state index in [2.05, 4.69) is 10.9 Å². The minimum Gasteiger partial charge on any atom is -0.493 e. The largest absolute Gasteiger partial charge is 0.493 e. The molecule has 2 aromatic carbocycles. The molecule has 0 radical (unpaired) electrons. The molecule has 0 saturated heterocycles. The van der Waals surface area contributed by atoms with Crippen LogP contribution in [0.3, 0.4) is 0 Å². The molecule has 0 bridgehead atoms. The zero-order valence-corrected chi connectivity index (χ0v) is 15.5. The van der Waals surface area contributed by atoms with E-state index < -0.39 is 22.6 Å². The maximum Gasteiger partial charge on any atom is 0.270 e. The van der Waals surface area contributed by atoms with E-state index in [0.717, 1.165) is 0 Å². The summed E-state index contributed by atoms with van der Waals surface area (Å²) in [6, 6.07) is 11.2. The average Bonchev–Trinajstić information content (AvgIpc) is 2.66. The molecule has 2 rings (SSSR count). The lowest BCUT2D eigenvalue weighted by molar-refractivity contribution is 0.0845. The van der Waals surface area contributed by atoms with Crippen LogP contribution in [0.25, 0.3) is 0 Å². The van der Waals surface area contributed by atoms with Crippen molar-refractivity contribution in [3.05, 3.63) is 53.6 Å². The number of carbonyl (C=O) groups is 2. The van der Waals surface area contributed by atoms with Gasteiger partial charge < -0.3 is 9.47 Å². The molecule has 0 saturated carbocycles. The van der Waals surface area contributed by atoms with Crippen molar-refractivity contribution in [1.29, 1.82) is 0 Å². The van der Waals surface area contributed by atoms with Gasteiger partial charge in [-0.3, -0.25) is 24.6 Å². The van der Waals surface area contributed by atoms with Crippen LogP contribution in [0, 0.1) is 0 Å². The molecule has 0 spiro atoms. The van der Waals surface area contributed by atoms with E-state index in [1.54, 1.807) is 30.3 Å². The number of nitrogens with one attached hydrogen (secondary N) is 2. The molecule has 138 valence electrons. The molecule has 26 heavy (non-hydrogen) atoms. The molecular weight excluding hydrogens is 356 g/mol. The molecular formula is C18H20N2O5S. The van der Waals surface area contributed by atoms with Crippen LogP contribution >= 0.6 is 0 Å². The summed E-state index contributed by atoms with van der Waals surface area (Å²) < 4.78 is 22.3. The topological polar surface area (TPSA) is 93.7 Å². The number of benzene rings is 2. The number of ether oxygens (including phenoxy) is 2. The van der Waals surface area contributed by atoms with Crippen LogP contribution in [0.1, 0.15) is 27.6 Å². The van der Waals surface area contributed by atoms with Crippen LogP contribution in [0.4, 0.5) is 0 Å². The number of rotatable bonds is 6. The molecule has 0 aliphatic carbocycles. The van der Waals surface area contributed by atoms with Crippen LogP contribution < -0.4 is 20.3 Å². The monoisotopic (exact) mass is 376 g/mol. The van der Waals surface area contributed by atoms with Gasteiger partial charge >= 0.3 is 0 Å². The lowest BCUT2D eigenvalue weighted by atomic mass is 10.2. The van der Waals surface area contributed by atoms with E-state index in [4.69, 9.17) is 9.47 Å². The van der Waals surface area contributed by atoms with E-state index in [1.807, 2.05) is 6.92 Å². The molecule has 0 aliphatic rings. The van der Waals surface area contributed by atoms with Crippen LogP contribution in [-0.4, -0.2) is 36.0 Å². The fraction of sp³-hybridized carbons (Fsp3) is 0.222. The summed E-state index contributed by atoms with van der Waals surface area (Å²) in [6.07, 6.45) is 1.48. The lowest BCUT2D eigenvalue weighted by Crippen LogP contribution is -2.42. The fourth-order valence-corrected chi connectivity index (χ4v) is 2.98. The van der Waals surface area contributed by atoms with Gasteiger partial charge in [0.2, 0.25) is 0 Å². The van der Waals surface area contributed by atoms with Gasteiger partial charge in [0.15, 0.2) is 11.5 Å². The first-order valence-corrected chi connectivity index (χ1v) is 9.37. The Morgan fingerprint density at radius 3 is 2.38 bits per heavy atom. The van der Waals surface area contributed by atoms with Gasteiger partial charge in [0.25, 0.3) is 11.8 Å². The van der Waals surface area contributed by atoms with Gasteiger partial charge in [-0.15, -0.1) is 0 Å². The maximum atomic E-state index is 12.3. The fourth-order valence-electron chi connectivity index (χ4n) is 2.24. The van der Waals surface area contributed by atoms with E-state index in [-0.39, 0.29) is 11.1 Å². The zero-order valence-electron chi connectivity index (χ0n) is 14.7. The summed E-state index contributed by atoms with van der Waals surface area (Å²) in [6.45, 7) is 2.31. The Morgan fingerprint density at radius 2 is 1.73 bits per heavy atom. The number of carbonyl (C=O) groups excluding carboxylic acids is 2. The Labute approximate surface area is 154 Å². The highest BCUT2D eigenvalue weighted by Crippen LogP contribution is 2.27. The van der Waals surface area contributed by atoms with Gasteiger partial charge in [-0.05, 0) is 37.3 Å². The molecule has 0 fully saturated rings. The second-order valence-corrected chi connectivity index (χ2v) is 6.51. The Balaban J connectivity index is 2.09. The predicted molar refractivity (Wildman–Crippen MR) is 97.9 cm³/mol. The van der Waals surface area contributed by atoms with E-state index in [1.165, 1.54) is 25.5 Å². The number of hydrazine groups is 1. The number of amides is 2. The van der Waals surface area contributed by atoms with Crippen LogP contribution in [-0.2, 0) is 10.8 Å². The maximum absolute atomic E-state index is 12.3. The summed E-state index contributed by atoms with van der Waals surface area (Å²) in [5, 5.41) is 0. The van der Waals surface area contributed by atoms with Crippen molar-refractivity contribution >= 4 is 22.6 Å². The highest BCUT2D eigenvalue weighted by Gasteiger charge is 2.15. The molecule has 1 atom stereocenters. The van der Waals surface area contributed by atoms with Gasteiger partial charge in [0.05, 0.1) is 35.0 Å². The minimum absolute atomic E-state index is 0.234. The van der Waals surface area contributed by atoms with Gasteiger partial charge in [-0.25, -0.2) is 0 Å². The van der Waals surface area contributed by atoms with Crippen molar-refractivity contribution in [3.8, 4) is 11.5 Å². The normalized spacial score (nSPS) is 11.3. The Kier molecular flexibility index (Phi) is 6.74. The van der Waals surface area contributed by atoms with Gasteiger partial charge in [0.1, 0.15) is 0 Å². The smallest absolute Gasteiger partial charge is 0.270 e. The summed E-state index contributed by atoms with van der Waals surface area (Å²) in [4.78, 5) is 24.9. The Bertz CT molecular complexity index is 838. The Morgan fingerprint density at radius 1 is 1.04 bits per heavy atom. The van der Waals surface area contributed by atoms with Crippen LogP contribution in [0.2, 0.25) is 0 Å². The quantitative estimate of drug-likeness (QED) is 0.751. The second kappa shape index (κ2) is 9.00. The highest BCUT2D eigenvalue weighted by molar-refractivity contribution is 7.84. The highest BCUT2D eigenvalue weighted by atomic mass is 32.2. The summed E-state index contributed by atoms with van der Waals surface area (Å²) in [5.41, 5.74) is 5.18. The number of hydrogen-bond donors (Lipinski definition) is 2. The van der Waals surface area contributed by atoms with Crippen molar-refractivity contribution in [3.63, 3.8) is 0 Å². The third kappa shape index (κ3) is 4.60. The van der Waals surface area contributed by atoms with Crippen molar-refractivity contribution in [2.75, 3.05) is 20.0 Å². The van der Waals surface area contributed by atoms with E-state index in [9.17, 15) is 13.8 Å². The summed E-state index contributed by atoms with van der Waals surface area (Å²) in [5.74, 6) is -0.135. The number of methoxy groups -OCH3 is 1. The van der Waals surface area contributed by atoms with Crippen LogP contribution in [0.5, 0.6) is 11.5 Å². The van der Waals surface area contributed by atoms with Gasteiger partial charge in [0, 0.05) is 11.8 Å². The van der Waals surface area contributed by atoms with Gasteiger partial charge in [-0.1, -0.05) is 12.1 Å². The molecule has 8 heteroatoms. The minimum atomic E-state index is -1.32. The molecule has 0 aliphatic heterocycles. The van der Waals surface area contributed by atoms with E-state index >= 15 is 0 Å². The molecule has 0 aromatic heterocycles. The third-order valence-corrected chi connectivity index (χ3v) is 4.43. The van der Waals surface area contributed by atoms with Crippen molar-refractivity contribution < 1.29 is 23.3 Å². The molecule has 2 aromatic rings. The van der Waals surface area contributed by atoms with Crippen molar-refractivity contribution in [1.82, 2.24) is 10.9 Å². The molecule has 2 N–H and O–H groups in total. The lowest BCUT2D eigenvalue weighted by Gasteiger charge is -2.12. The molecule has 2 amide bonds. The predicted octanol–water partition coefficient (Wildman–Crippen LogP) is 1.91. The van der Waals surface area contributed by atoms with Crippen molar-refractivity contribution in [2.24, 2.45) is 0 Å². The molecule has 1 unspecified atom stereocenters. The molecule has 0 heterocycles. The first kappa shape index (κ1) is 19.5. The standard InChI is InChI=1S/C18H20N2O5S/c1-4-25-14-10-9-12(11-15(14)24-2)17(21)19-20-18(22)13-7-5-6-8-16(13)26(3)23/h5-11H,4H2,1-3H3,(H,19,21)(H,20,22). The van der Waals surface area contributed by atoms with Crippen LogP contribution in [0.15, 0.2) is 47.4 Å². The summed E-state index contributed by atoms with van der Waals surface area (Å²) >= 11 is 0. The summed E-state index contributed by atoms with van der Waals surface area (Å²) in [7, 11) is 0.151. The SMILES string of the molecule is CCOc1ccc(C(=O)NNC(=O)c2ccccc2S(C)=O)cc1OC. The molecule has 7 nitrogen and oxygen atoms in total. The third-order valence-electron chi connectivity index (χ3n) is 3.46. The first-order chi connectivity index (χ1) is 12.5. The van der Waals surface area contributed by atoms with Gasteiger partial charge in [-0.2, -0.15) is 0 Å².